The zero-order valence-electron chi connectivity index (χ0n) is 17.8. The number of para-hydroxylation sites is 1. The Labute approximate surface area is 193 Å². The predicted molar refractivity (Wildman–Crippen MR) is 129 cm³/mol. The van der Waals surface area contributed by atoms with E-state index < -0.39 is 5.91 Å². The van der Waals surface area contributed by atoms with Gasteiger partial charge in [0.15, 0.2) is 5.13 Å². The van der Waals surface area contributed by atoms with Crippen LogP contribution in [0.2, 0.25) is 0 Å². The number of aromatic nitrogens is 1. The number of amides is 3. The maximum absolute atomic E-state index is 12.9. The van der Waals surface area contributed by atoms with Crippen LogP contribution in [0, 0.1) is 0 Å². The summed E-state index contributed by atoms with van der Waals surface area (Å²) in [6.45, 7) is 2.73. The van der Waals surface area contributed by atoms with E-state index in [0.717, 1.165) is 16.0 Å². The van der Waals surface area contributed by atoms with E-state index in [-0.39, 0.29) is 17.4 Å². The molecule has 9 heteroatoms. The van der Waals surface area contributed by atoms with Gasteiger partial charge in [0.25, 0.3) is 5.91 Å². The Kier molecular flexibility index (Phi) is 6.32. The lowest BCUT2D eigenvalue weighted by Crippen LogP contribution is -2.15. The van der Waals surface area contributed by atoms with Gasteiger partial charge in [-0.15, -0.1) is 0 Å². The second kappa shape index (κ2) is 9.49. The number of hydrogen-bond acceptors (Lipinski definition) is 6. The minimum atomic E-state index is -0.423. The average molecular weight is 461 g/mol. The van der Waals surface area contributed by atoms with Gasteiger partial charge in [0.05, 0.1) is 10.2 Å². The van der Waals surface area contributed by atoms with Gasteiger partial charge < -0.3 is 15.4 Å². The van der Waals surface area contributed by atoms with Crippen LogP contribution >= 0.6 is 11.3 Å². The third-order valence-electron chi connectivity index (χ3n) is 4.40. The first kappa shape index (κ1) is 22.0. The predicted octanol–water partition coefficient (Wildman–Crippen LogP) is 5.26. The highest BCUT2D eigenvalue weighted by atomic mass is 32.1. The Bertz CT molecular complexity index is 1320. The normalized spacial score (nSPS) is 10.5. The van der Waals surface area contributed by atoms with Crippen molar-refractivity contribution in [3.05, 3.63) is 72.3 Å². The smallest absolute Gasteiger partial charge is 0.257 e. The highest BCUT2D eigenvalue weighted by Gasteiger charge is 2.14. The van der Waals surface area contributed by atoms with Crippen molar-refractivity contribution in [1.82, 2.24) is 4.98 Å². The quantitative estimate of drug-likeness (QED) is 0.364. The largest absolute Gasteiger partial charge is 0.457 e. The minimum absolute atomic E-state index is 0.261. The molecule has 0 bridgehead atoms. The number of nitrogens with one attached hydrogen (secondary N) is 3. The summed E-state index contributed by atoms with van der Waals surface area (Å²) in [5.74, 6) is 0.387. The molecule has 33 heavy (non-hydrogen) atoms. The molecule has 0 aliphatic carbocycles. The van der Waals surface area contributed by atoms with E-state index in [1.54, 1.807) is 6.07 Å². The molecule has 0 fully saturated rings. The maximum atomic E-state index is 12.9. The first-order valence-electron chi connectivity index (χ1n) is 10.0. The molecular formula is C24H20N4O4S. The lowest BCUT2D eigenvalue weighted by atomic mass is 10.1. The summed E-state index contributed by atoms with van der Waals surface area (Å²) >= 11 is 1.31. The Hall–Kier alpha value is -4.24. The van der Waals surface area contributed by atoms with Gasteiger partial charge in [0.2, 0.25) is 11.8 Å². The number of anilines is 3. The topological polar surface area (TPSA) is 109 Å². The standard InChI is InChI=1S/C24H20N4O4S/c1-14(29)25-17-10-16(11-18(12-17)26-15(2)30)23(31)28-24-27-21-9-8-20(13-22(21)33-24)32-19-6-4-3-5-7-19/h3-13H,1-2H3,(H,25,29)(H,26,30)(H,27,28,31). The second-order valence-corrected chi connectivity index (χ2v) is 8.21. The molecule has 0 radical (unpaired) electrons. The number of hydrogen-bond donors (Lipinski definition) is 3. The van der Waals surface area contributed by atoms with Crippen molar-refractivity contribution in [2.45, 2.75) is 13.8 Å². The fourth-order valence-corrected chi connectivity index (χ4v) is 4.01. The fourth-order valence-electron chi connectivity index (χ4n) is 3.13. The number of benzene rings is 3. The summed E-state index contributed by atoms with van der Waals surface area (Å²) in [6.07, 6.45) is 0. The number of thiazole rings is 1. The molecular weight excluding hydrogens is 440 g/mol. The molecule has 3 amide bonds. The van der Waals surface area contributed by atoms with E-state index in [1.807, 2.05) is 48.5 Å². The molecule has 0 aliphatic heterocycles. The van der Waals surface area contributed by atoms with Crippen molar-refractivity contribution in [2.24, 2.45) is 0 Å². The summed E-state index contributed by atoms with van der Waals surface area (Å²) in [7, 11) is 0. The van der Waals surface area contributed by atoms with Crippen molar-refractivity contribution in [3.8, 4) is 11.5 Å². The van der Waals surface area contributed by atoms with Gasteiger partial charge in [-0.1, -0.05) is 29.5 Å². The third kappa shape index (κ3) is 5.72. The number of rotatable bonds is 6. The van der Waals surface area contributed by atoms with E-state index >= 15 is 0 Å². The van der Waals surface area contributed by atoms with Crippen LogP contribution in [0.5, 0.6) is 11.5 Å². The highest BCUT2D eigenvalue weighted by molar-refractivity contribution is 7.22. The molecule has 8 nitrogen and oxygen atoms in total. The van der Waals surface area contributed by atoms with Crippen LogP contribution in [0.3, 0.4) is 0 Å². The molecule has 3 N–H and O–H groups in total. The van der Waals surface area contributed by atoms with Crippen molar-refractivity contribution < 1.29 is 19.1 Å². The van der Waals surface area contributed by atoms with Crippen molar-refractivity contribution in [3.63, 3.8) is 0 Å². The second-order valence-electron chi connectivity index (χ2n) is 7.18. The Morgan fingerprint density at radius 1 is 0.788 bits per heavy atom. The van der Waals surface area contributed by atoms with Gasteiger partial charge in [0, 0.05) is 36.9 Å². The van der Waals surface area contributed by atoms with Crippen LogP contribution < -0.4 is 20.7 Å². The number of ether oxygens (including phenoxy) is 1. The van der Waals surface area contributed by atoms with E-state index in [2.05, 4.69) is 20.9 Å². The van der Waals surface area contributed by atoms with Gasteiger partial charge in [-0.05, 0) is 42.5 Å². The Morgan fingerprint density at radius 2 is 1.45 bits per heavy atom. The molecule has 0 aliphatic rings. The van der Waals surface area contributed by atoms with Crippen LogP contribution in [0.1, 0.15) is 24.2 Å². The minimum Gasteiger partial charge on any atom is -0.457 e. The number of nitrogens with zero attached hydrogens (tertiary/aromatic N) is 1. The SMILES string of the molecule is CC(=O)Nc1cc(NC(C)=O)cc(C(=O)Nc2nc3ccc(Oc4ccccc4)cc3s2)c1. The molecule has 3 aromatic carbocycles. The molecule has 0 spiro atoms. The number of fused-ring (bicyclic) bond motifs is 1. The third-order valence-corrected chi connectivity index (χ3v) is 5.33. The maximum Gasteiger partial charge on any atom is 0.257 e. The molecule has 1 heterocycles. The van der Waals surface area contributed by atoms with Crippen LogP contribution in [0.15, 0.2) is 66.7 Å². The number of carbonyl (C=O) groups excluding carboxylic acids is 3. The molecule has 166 valence electrons. The fraction of sp³-hybridized carbons (Fsp3) is 0.0833. The van der Waals surface area contributed by atoms with Crippen molar-refractivity contribution >= 4 is 55.8 Å². The van der Waals surface area contributed by atoms with E-state index in [0.29, 0.717) is 22.3 Å². The first-order valence-corrected chi connectivity index (χ1v) is 10.8. The van der Waals surface area contributed by atoms with Crippen LogP contribution in [-0.2, 0) is 9.59 Å². The molecule has 0 atom stereocenters. The van der Waals surface area contributed by atoms with Gasteiger partial charge in [-0.3, -0.25) is 19.7 Å². The zero-order chi connectivity index (χ0) is 23.4. The van der Waals surface area contributed by atoms with Gasteiger partial charge in [0.1, 0.15) is 11.5 Å². The van der Waals surface area contributed by atoms with E-state index in [1.165, 1.54) is 37.3 Å². The Balaban J connectivity index is 1.55. The summed E-state index contributed by atoms with van der Waals surface area (Å²) in [5, 5.41) is 8.45. The summed E-state index contributed by atoms with van der Waals surface area (Å²) in [5.41, 5.74) is 1.77. The molecule has 0 unspecified atom stereocenters. The lowest BCUT2D eigenvalue weighted by Gasteiger charge is -2.10. The van der Waals surface area contributed by atoms with Crippen molar-refractivity contribution in [1.29, 1.82) is 0 Å². The van der Waals surface area contributed by atoms with Crippen molar-refractivity contribution in [2.75, 3.05) is 16.0 Å². The van der Waals surface area contributed by atoms with E-state index in [9.17, 15) is 14.4 Å². The molecule has 0 saturated heterocycles. The molecule has 0 saturated carbocycles. The van der Waals surface area contributed by atoms with Crippen LogP contribution in [-0.4, -0.2) is 22.7 Å². The van der Waals surface area contributed by atoms with Gasteiger partial charge >= 0.3 is 0 Å². The highest BCUT2D eigenvalue weighted by Crippen LogP contribution is 2.31. The van der Waals surface area contributed by atoms with Crippen LogP contribution in [0.25, 0.3) is 10.2 Å². The summed E-state index contributed by atoms with van der Waals surface area (Å²) < 4.78 is 6.71. The lowest BCUT2D eigenvalue weighted by molar-refractivity contribution is -0.115. The van der Waals surface area contributed by atoms with E-state index in [4.69, 9.17) is 4.74 Å². The number of carbonyl (C=O) groups is 3. The average Bonchev–Trinajstić information content (AvgIpc) is 3.14. The zero-order valence-corrected chi connectivity index (χ0v) is 18.7. The van der Waals surface area contributed by atoms with Gasteiger partial charge in [-0.2, -0.15) is 0 Å². The molecule has 4 rings (SSSR count). The summed E-state index contributed by atoms with van der Waals surface area (Å²) in [6, 6.07) is 19.6. The van der Waals surface area contributed by atoms with Gasteiger partial charge in [-0.25, -0.2) is 4.98 Å². The summed E-state index contributed by atoms with van der Waals surface area (Å²) in [4.78, 5) is 40.2. The molecule has 4 aromatic rings. The monoisotopic (exact) mass is 460 g/mol. The van der Waals surface area contributed by atoms with Crippen LogP contribution in [0.4, 0.5) is 16.5 Å². The Morgan fingerprint density at radius 3 is 2.09 bits per heavy atom. The molecule has 1 aromatic heterocycles. The first-order chi connectivity index (χ1) is 15.9.